The molecule has 1 heterocycles. The van der Waals surface area contributed by atoms with Gasteiger partial charge in [-0.1, -0.05) is 29.3 Å². The molecule has 0 aliphatic rings. The number of sulfonamides is 1. The second-order valence-corrected chi connectivity index (χ2v) is 5.95. The summed E-state index contributed by atoms with van der Waals surface area (Å²) in [7, 11) is -3.84. The summed E-state index contributed by atoms with van der Waals surface area (Å²) in [5.74, 6) is -0.0141. The molecule has 0 spiro atoms. The van der Waals surface area contributed by atoms with Crippen LogP contribution in [-0.2, 0) is 10.0 Å². The topological polar surface area (TPSA) is 98.0 Å². The Labute approximate surface area is 119 Å². The lowest BCUT2D eigenvalue weighted by Crippen LogP contribution is -2.14. The van der Waals surface area contributed by atoms with Crippen molar-refractivity contribution in [3.8, 4) is 0 Å². The van der Waals surface area contributed by atoms with Gasteiger partial charge in [0.15, 0.2) is 0 Å². The summed E-state index contributed by atoms with van der Waals surface area (Å²) in [5.41, 5.74) is 5.46. The van der Waals surface area contributed by atoms with Gasteiger partial charge in [0.2, 0.25) is 5.95 Å². The Hall–Kier alpha value is -1.57. The maximum atomic E-state index is 12.0. The van der Waals surface area contributed by atoms with Gasteiger partial charge in [0.1, 0.15) is 4.90 Å². The van der Waals surface area contributed by atoms with Crippen LogP contribution >= 0.6 is 23.2 Å². The average Bonchev–Trinajstić information content (AvgIpc) is 2.35. The molecule has 0 aliphatic carbocycles. The van der Waals surface area contributed by atoms with Crippen LogP contribution in [0.25, 0.3) is 0 Å². The maximum absolute atomic E-state index is 12.0. The number of nitrogens with two attached hydrogens (primary N) is 1. The molecule has 0 bridgehead atoms. The molecule has 0 aliphatic heterocycles. The highest BCUT2D eigenvalue weighted by molar-refractivity contribution is 7.92. The Balaban J connectivity index is 2.36. The van der Waals surface area contributed by atoms with E-state index in [1.54, 1.807) is 12.1 Å². The lowest BCUT2D eigenvalue weighted by atomic mass is 10.3. The van der Waals surface area contributed by atoms with E-state index in [9.17, 15) is 8.42 Å². The Bertz CT molecular complexity index is 704. The van der Waals surface area contributed by atoms with E-state index in [2.05, 4.69) is 14.7 Å². The van der Waals surface area contributed by atoms with Crippen LogP contribution in [0.5, 0.6) is 0 Å². The fourth-order valence-electron chi connectivity index (χ4n) is 1.25. The van der Waals surface area contributed by atoms with Crippen molar-refractivity contribution in [3.63, 3.8) is 0 Å². The molecule has 0 atom stereocenters. The van der Waals surface area contributed by atoms with E-state index in [0.29, 0.717) is 0 Å². The zero-order chi connectivity index (χ0) is 14.0. The smallest absolute Gasteiger partial charge is 0.265 e. The molecule has 9 heteroatoms. The molecule has 6 nitrogen and oxygen atoms in total. The van der Waals surface area contributed by atoms with E-state index in [-0.39, 0.29) is 26.6 Å². The van der Waals surface area contributed by atoms with Crippen LogP contribution in [0.15, 0.2) is 35.5 Å². The molecule has 19 heavy (non-hydrogen) atoms. The van der Waals surface area contributed by atoms with E-state index in [0.717, 1.165) is 12.4 Å². The lowest BCUT2D eigenvalue weighted by molar-refractivity contribution is 0.600. The normalized spacial score (nSPS) is 11.3. The van der Waals surface area contributed by atoms with E-state index >= 15 is 0 Å². The van der Waals surface area contributed by atoms with Gasteiger partial charge in [-0.25, -0.2) is 18.4 Å². The first-order valence-corrected chi connectivity index (χ1v) is 7.18. The largest absolute Gasteiger partial charge is 0.368 e. The van der Waals surface area contributed by atoms with Crippen molar-refractivity contribution >= 4 is 44.9 Å². The summed E-state index contributed by atoms with van der Waals surface area (Å²) in [4.78, 5) is 7.10. The van der Waals surface area contributed by atoms with Crippen LogP contribution < -0.4 is 10.5 Å². The van der Waals surface area contributed by atoms with E-state index in [1.165, 1.54) is 6.07 Å². The molecule has 1 aromatic carbocycles. The molecular formula is C10H8Cl2N4O2S. The van der Waals surface area contributed by atoms with E-state index in [1.807, 2.05) is 0 Å². The molecule has 3 N–H and O–H groups in total. The van der Waals surface area contributed by atoms with Crippen LogP contribution in [0.4, 0.5) is 11.6 Å². The Kier molecular flexibility index (Phi) is 3.79. The Morgan fingerprint density at radius 2 is 1.79 bits per heavy atom. The van der Waals surface area contributed by atoms with Gasteiger partial charge in [-0.05, 0) is 12.1 Å². The predicted octanol–water partition coefficient (Wildman–Crippen LogP) is 2.17. The molecule has 0 amide bonds. The first kappa shape index (κ1) is 13.9. The monoisotopic (exact) mass is 318 g/mol. The van der Waals surface area contributed by atoms with Crippen LogP contribution in [0.2, 0.25) is 10.0 Å². The predicted molar refractivity (Wildman–Crippen MR) is 73.7 cm³/mol. The minimum Gasteiger partial charge on any atom is -0.368 e. The second kappa shape index (κ2) is 5.20. The lowest BCUT2D eigenvalue weighted by Gasteiger charge is -2.09. The molecule has 0 fully saturated rings. The molecular weight excluding hydrogens is 311 g/mol. The number of nitrogen functional groups attached to an aromatic ring is 1. The summed E-state index contributed by atoms with van der Waals surface area (Å²) in [5, 5.41) is 0.361. The molecule has 100 valence electrons. The van der Waals surface area contributed by atoms with Gasteiger partial charge >= 0.3 is 0 Å². The first-order valence-electron chi connectivity index (χ1n) is 4.94. The van der Waals surface area contributed by atoms with Gasteiger partial charge in [0.25, 0.3) is 10.0 Å². The zero-order valence-electron chi connectivity index (χ0n) is 9.34. The molecule has 0 saturated heterocycles. The van der Waals surface area contributed by atoms with E-state index in [4.69, 9.17) is 28.9 Å². The van der Waals surface area contributed by atoms with Gasteiger partial charge in [-0.2, -0.15) is 0 Å². The standard InChI is InChI=1S/C10H8Cl2N4O2S/c11-7-2-1-3-8(9(7)12)16-19(17,18)6-4-14-10(13)15-5-6/h1-5,16H,(H2,13,14,15). The number of benzene rings is 1. The third kappa shape index (κ3) is 3.06. The van der Waals surface area contributed by atoms with Crippen LogP contribution in [0.3, 0.4) is 0 Å². The highest BCUT2D eigenvalue weighted by Crippen LogP contribution is 2.30. The number of hydrogen-bond donors (Lipinski definition) is 2. The molecule has 0 saturated carbocycles. The summed E-state index contributed by atoms with van der Waals surface area (Å²) < 4.78 is 26.4. The van der Waals surface area contributed by atoms with Crippen molar-refractivity contribution in [2.45, 2.75) is 4.90 Å². The quantitative estimate of drug-likeness (QED) is 0.903. The summed E-state index contributed by atoms with van der Waals surface area (Å²) in [6.45, 7) is 0. The molecule has 2 rings (SSSR count). The third-order valence-corrected chi connectivity index (χ3v) is 4.29. The minimum atomic E-state index is -3.84. The number of nitrogens with one attached hydrogen (secondary N) is 1. The zero-order valence-corrected chi connectivity index (χ0v) is 11.7. The summed E-state index contributed by atoms with van der Waals surface area (Å²) in [6, 6.07) is 4.61. The minimum absolute atomic E-state index is 0.0141. The highest BCUT2D eigenvalue weighted by Gasteiger charge is 2.17. The Morgan fingerprint density at radius 3 is 2.42 bits per heavy atom. The summed E-state index contributed by atoms with van der Waals surface area (Å²) >= 11 is 11.7. The number of nitrogens with zero attached hydrogens (tertiary/aromatic N) is 2. The molecule has 1 aromatic heterocycles. The number of halogens is 2. The van der Waals surface area contributed by atoms with Gasteiger partial charge < -0.3 is 5.73 Å². The molecule has 0 unspecified atom stereocenters. The van der Waals surface area contributed by atoms with Crippen LogP contribution in [-0.4, -0.2) is 18.4 Å². The maximum Gasteiger partial charge on any atom is 0.265 e. The first-order chi connectivity index (χ1) is 8.90. The number of rotatable bonds is 3. The van der Waals surface area contributed by atoms with Crippen molar-refractivity contribution in [2.24, 2.45) is 0 Å². The fraction of sp³-hybridized carbons (Fsp3) is 0. The van der Waals surface area contributed by atoms with E-state index < -0.39 is 10.0 Å². The van der Waals surface area contributed by atoms with Crippen LogP contribution in [0.1, 0.15) is 0 Å². The SMILES string of the molecule is Nc1ncc(S(=O)(=O)Nc2cccc(Cl)c2Cl)cn1. The van der Waals surface area contributed by atoms with Gasteiger partial charge in [0.05, 0.1) is 28.1 Å². The Morgan fingerprint density at radius 1 is 1.16 bits per heavy atom. The number of anilines is 2. The third-order valence-electron chi connectivity index (χ3n) is 2.15. The van der Waals surface area contributed by atoms with Gasteiger partial charge in [0, 0.05) is 0 Å². The van der Waals surface area contributed by atoms with Crippen molar-refractivity contribution in [1.82, 2.24) is 9.97 Å². The van der Waals surface area contributed by atoms with Crippen molar-refractivity contribution in [3.05, 3.63) is 40.6 Å². The molecule has 2 aromatic rings. The molecule has 0 radical (unpaired) electrons. The van der Waals surface area contributed by atoms with Crippen molar-refractivity contribution < 1.29 is 8.42 Å². The van der Waals surface area contributed by atoms with Gasteiger partial charge in [-0.3, -0.25) is 4.72 Å². The fourth-order valence-corrected chi connectivity index (χ4v) is 2.62. The van der Waals surface area contributed by atoms with Crippen molar-refractivity contribution in [1.29, 1.82) is 0 Å². The van der Waals surface area contributed by atoms with Crippen molar-refractivity contribution in [2.75, 3.05) is 10.5 Å². The highest BCUT2D eigenvalue weighted by atomic mass is 35.5. The van der Waals surface area contributed by atoms with Crippen LogP contribution in [0, 0.1) is 0 Å². The second-order valence-electron chi connectivity index (χ2n) is 3.48. The number of aromatic nitrogens is 2. The van der Waals surface area contributed by atoms with Gasteiger partial charge in [-0.15, -0.1) is 0 Å². The summed E-state index contributed by atoms with van der Waals surface area (Å²) in [6.07, 6.45) is 2.20. The number of hydrogen-bond acceptors (Lipinski definition) is 5. The average molecular weight is 319 g/mol.